The minimum Gasteiger partial charge on any atom is -0.497 e. The number of aliphatic imine (C=N–C) groups is 1. The number of H-pyrrole nitrogens is 1. The molecule has 0 spiro atoms. The van der Waals surface area contributed by atoms with Crippen molar-refractivity contribution < 1.29 is 9.47 Å². The Hall–Kier alpha value is -3.22. The van der Waals surface area contributed by atoms with E-state index in [9.17, 15) is 0 Å². The van der Waals surface area contributed by atoms with Gasteiger partial charge < -0.3 is 25.5 Å². The zero-order chi connectivity index (χ0) is 18.4. The zero-order valence-electron chi connectivity index (χ0n) is 15.0. The number of benzene rings is 2. The maximum absolute atomic E-state index is 5.98. The summed E-state index contributed by atoms with van der Waals surface area (Å²) >= 11 is 0. The Morgan fingerprint density at radius 2 is 2.04 bits per heavy atom. The van der Waals surface area contributed by atoms with Crippen molar-refractivity contribution >= 4 is 22.7 Å². The van der Waals surface area contributed by atoms with Gasteiger partial charge in [0.25, 0.3) is 0 Å². The van der Waals surface area contributed by atoms with E-state index in [4.69, 9.17) is 15.2 Å². The van der Waals surface area contributed by atoms with E-state index in [1.807, 2.05) is 42.5 Å². The average Bonchev–Trinajstić information content (AvgIpc) is 3.08. The molecule has 0 aliphatic rings. The number of aromatic amines is 1. The number of hydrogen-bond donors (Lipinski definition) is 3. The van der Waals surface area contributed by atoms with E-state index in [0.717, 1.165) is 29.7 Å². The number of para-hydroxylation sites is 2. The molecule has 1 aromatic heterocycles. The van der Waals surface area contributed by atoms with Gasteiger partial charge >= 0.3 is 0 Å². The van der Waals surface area contributed by atoms with E-state index in [0.29, 0.717) is 29.7 Å². The molecule has 0 radical (unpaired) electrons. The van der Waals surface area contributed by atoms with Crippen LogP contribution in [0.5, 0.6) is 11.5 Å². The van der Waals surface area contributed by atoms with Crippen LogP contribution in [0.25, 0.3) is 11.0 Å². The number of guanidine groups is 1. The third-order valence-electron chi connectivity index (χ3n) is 3.96. The summed E-state index contributed by atoms with van der Waals surface area (Å²) in [5.41, 5.74) is 8.73. The van der Waals surface area contributed by atoms with Crippen molar-refractivity contribution in [3.63, 3.8) is 0 Å². The molecule has 2 aromatic carbocycles. The van der Waals surface area contributed by atoms with E-state index in [2.05, 4.69) is 20.3 Å². The van der Waals surface area contributed by atoms with Gasteiger partial charge in [0.1, 0.15) is 17.3 Å². The van der Waals surface area contributed by atoms with E-state index in [1.54, 1.807) is 14.2 Å². The molecule has 0 unspecified atom stereocenters. The number of nitrogens with zero attached hydrogens (tertiary/aromatic N) is 2. The molecular formula is C19H23N5O2. The second kappa shape index (κ2) is 8.24. The lowest BCUT2D eigenvalue weighted by Crippen LogP contribution is -2.23. The van der Waals surface area contributed by atoms with Crippen LogP contribution >= 0.6 is 0 Å². The fourth-order valence-electron chi connectivity index (χ4n) is 2.66. The first-order valence-electron chi connectivity index (χ1n) is 8.42. The van der Waals surface area contributed by atoms with Crippen LogP contribution in [0.3, 0.4) is 0 Å². The van der Waals surface area contributed by atoms with Gasteiger partial charge in [-0.3, -0.25) is 4.99 Å². The number of methoxy groups -OCH3 is 2. The number of fused-ring (bicyclic) bond motifs is 1. The quantitative estimate of drug-likeness (QED) is 0.345. The van der Waals surface area contributed by atoms with E-state index in [-0.39, 0.29) is 0 Å². The summed E-state index contributed by atoms with van der Waals surface area (Å²) in [6.07, 6.45) is 1.66. The van der Waals surface area contributed by atoms with Gasteiger partial charge in [0.15, 0.2) is 5.96 Å². The van der Waals surface area contributed by atoms with Crippen molar-refractivity contribution in [1.29, 1.82) is 0 Å². The normalized spacial score (nSPS) is 11.5. The molecule has 136 valence electrons. The molecule has 4 N–H and O–H groups in total. The summed E-state index contributed by atoms with van der Waals surface area (Å²) in [7, 11) is 3.22. The minimum atomic E-state index is 0.334. The molecule has 3 aromatic rings. The largest absolute Gasteiger partial charge is 0.497 e. The van der Waals surface area contributed by atoms with Crippen LogP contribution in [0.2, 0.25) is 0 Å². The highest BCUT2D eigenvalue weighted by Crippen LogP contribution is 2.28. The molecule has 7 nitrogen and oxygen atoms in total. The number of aromatic nitrogens is 2. The van der Waals surface area contributed by atoms with Crippen LogP contribution in [-0.2, 0) is 6.42 Å². The lowest BCUT2D eigenvalue weighted by atomic mass is 10.2. The minimum absolute atomic E-state index is 0.334. The molecule has 0 amide bonds. The summed E-state index contributed by atoms with van der Waals surface area (Å²) in [4.78, 5) is 12.2. The van der Waals surface area contributed by atoms with Gasteiger partial charge in [-0.05, 0) is 30.7 Å². The predicted octanol–water partition coefficient (Wildman–Crippen LogP) is 2.94. The summed E-state index contributed by atoms with van der Waals surface area (Å²) < 4.78 is 10.5. The third-order valence-corrected chi connectivity index (χ3v) is 3.96. The number of aryl methyl sites for hydroxylation is 1. The van der Waals surface area contributed by atoms with Crippen LogP contribution < -0.4 is 20.5 Å². The predicted molar refractivity (Wildman–Crippen MR) is 104 cm³/mol. The number of nitrogens with one attached hydrogen (secondary N) is 2. The summed E-state index contributed by atoms with van der Waals surface area (Å²) in [6, 6.07) is 13.4. The summed E-state index contributed by atoms with van der Waals surface area (Å²) in [5, 5.41) is 3.06. The monoisotopic (exact) mass is 353 g/mol. The first-order chi connectivity index (χ1) is 12.7. The van der Waals surface area contributed by atoms with E-state index >= 15 is 0 Å². The second-order valence-electron chi connectivity index (χ2n) is 5.76. The number of anilines is 1. The average molecular weight is 353 g/mol. The van der Waals surface area contributed by atoms with Crippen molar-refractivity contribution in [3.05, 3.63) is 48.3 Å². The molecule has 7 heteroatoms. The smallest absolute Gasteiger partial charge is 0.193 e. The number of nitrogens with two attached hydrogens (primary N) is 1. The first-order valence-corrected chi connectivity index (χ1v) is 8.42. The number of rotatable bonds is 7. The maximum Gasteiger partial charge on any atom is 0.193 e. The Kier molecular flexibility index (Phi) is 5.58. The highest BCUT2D eigenvalue weighted by atomic mass is 16.5. The van der Waals surface area contributed by atoms with E-state index in [1.165, 1.54) is 0 Å². The van der Waals surface area contributed by atoms with Crippen molar-refractivity contribution in [1.82, 2.24) is 9.97 Å². The highest BCUT2D eigenvalue weighted by Gasteiger charge is 2.06. The molecular weight excluding hydrogens is 330 g/mol. The van der Waals surface area contributed by atoms with Crippen molar-refractivity contribution in [2.75, 3.05) is 26.1 Å². The van der Waals surface area contributed by atoms with E-state index < -0.39 is 0 Å². The highest BCUT2D eigenvalue weighted by molar-refractivity contribution is 5.94. The second-order valence-corrected chi connectivity index (χ2v) is 5.76. The maximum atomic E-state index is 5.98. The number of ether oxygens (including phenoxy) is 2. The summed E-state index contributed by atoms with van der Waals surface area (Å²) in [5.74, 6) is 2.68. The Labute approximate surface area is 152 Å². The van der Waals surface area contributed by atoms with Crippen LogP contribution in [0.15, 0.2) is 47.5 Å². The van der Waals surface area contributed by atoms with Crippen molar-refractivity contribution in [2.24, 2.45) is 10.7 Å². The molecule has 0 bridgehead atoms. The fourth-order valence-corrected chi connectivity index (χ4v) is 2.66. The van der Waals surface area contributed by atoms with Crippen LogP contribution in [0, 0.1) is 0 Å². The third kappa shape index (κ3) is 4.24. The molecule has 26 heavy (non-hydrogen) atoms. The first kappa shape index (κ1) is 17.6. The Bertz CT molecular complexity index is 871. The van der Waals surface area contributed by atoms with Crippen molar-refractivity contribution in [2.45, 2.75) is 12.8 Å². The van der Waals surface area contributed by atoms with Crippen LogP contribution in [0.4, 0.5) is 5.69 Å². The number of hydrogen-bond acceptors (Lipinski definition) is 4. The SMILES string of the molecule is COc1ccc(OC)c(NC(N)=NCCCc2nc3ccccc3[nH]2)c1. The Morgan fingerprint density at radius 3 is 2.81 bits per heavy atom. The lowest BCUT2D eigenvalue weighted by Gasteiger charge is -2.12. The van der Waals surface area contributed by atoms with Gasteiger partial charge in [0.05, 0.1) is 30.9 Å². The molecule has 0 fully saturated rings. The van der Waals surface area contributed by atoms with Gasteiger partial charge in [-0.15, -0.1) is 0 Å². The molecule has 0 saturated carbocycles. The Balaban J connectivity index is 1.55. The van der Waals surface area contributed by atoms with Gasteiger partial charge in [-0.25, -0.2) is 4.98 Å². The standard InChI is InChI=1S/C19H23N5O2/c1-25-13-9-10-17(26-2)16(12-13)24-19(20)21-11-5-8-18-22-14-6-3-4-7-15(14)23-18/h3-4,6-7,9-10,12H,5,8,11H2,1-2H3,(H,22,23)(H3,20,21,24). The molecule has 0 aliphatic carbocycles. The zero-order valence-corrected chi connectivity index (χ0v) is 15.0. The van der Waals surface area contributed by atoms with Gasteiger partial charge in [-0.1, -0.05) is 12.1 Å². The molecule has 1 heterocycles. The Morgan fingerprint density at radius 1 is 1.19 bits per heavy atom. The number of imidazole rings is 1. The fraction of sp³-hybridized carbons (Fsp3) is 0.263. The topological polar surface area (TPSA) is 97.6 Å². The molecule has 0 saturated heterocycles. The summed E-state index contributed by atoms with van der Waals surface area (Å²) in [6.45, 7) is 0.599. The molecule has 0 atom stereocenters. The molecule has 0 aliphatic heterocycles. The van der Waals surface area contributed by atoms with Gasteiger partial charge in [-0.2, -0.15) is 0 Å². The lowest BCUT2D eigenvalue weighted by molar-refractivity contribution is 0.405. The van der Waals surface area contributed by atoms with Crippen LogP contribution in [0.1, 0.15) is 12.2 Å². The van der Waals surface area contributed by atoms with Gasteiger partial charge in [0, 0.05) is 19.0 Å². The van der Waals surface area contributed by atoms with Gasteiger partial charge in [0.2, 0.25) is 0 Å². The van der Waals surface area contributed by atoms with Crippen molar-refractivity contribution in [3.8, 4) is 11.5 Å². The van der Waals surface area contributed by atoms with Crippen LogP contribution in [-0.4, -0.2) is 36.7 Å². The molecule has 3 rings (SSSR count).